The first-order chi connectivity index (χ1) is 5.65. The summed E-state index contributed by atoms with van der Waals surface area (Å²) in [4.78, 5) is 5.05. The van der Waals surface area contributed by atoms with E-state index < -0.39 is 0 Å². The quantitative estimate of drug-likeness (QED) is 0.618. The minimum atomic E-state index is 0.729. The molecule has 2 nitrogen and oxygen atoms in total. The van der Waals surface area contributed by atoms with E-state index in [1.165, 1.54) is 26.1 Å². The van der Waals surface area contributed by atoms with Crippen LogP contribution in [-0.2, 0) is 0 Å². The van der Waals surface area contributed by atoms with Crippen molar-refractivity contribution in [1.29, 1.82) is 0 Å². The van der Waals surface area contributed by atoms with Gasteiger partial charge >= 0.3 is 0 Å². The van der Waals surface area contributed by atoms with Crippen LogP contribution in [0.15, 0.2) is 0 Å². The zero-order valence-electron chi connectivity index (χ0n) is 8.88. The minimum absolute atomic E-state index is 0.729. The number of likely N-dealkylation sites (N-methyl/N-ethyl adjacent to an activating group) is 1. The summed E-state index contributed by atoms with van der Waals surface area (Å²) in [7, 11) is 2.22. The molecule has 0 radical (unpaired) electrons. The number of piperazine rings is 1. The van der Waals surface area contributed by atoms with Crippen LogP contribution < -0.4 is 0 Å². The molecule has 0 bridgehead atoms. The van der Waals surface area contributed by atoms with Crippen molar-refractivity contribution < 1.29 is 0 Å². The second kappa shape index (κ2) is 4.24. The van der Waals surface area contributed by atoms with Gasteiger partial charge in [-0.3, -0.25) is 4.90 Å². The van der Waals surface area contributed by atoms with Crippen LogP contribution >= 0.6 is 0 Å². The van der Waals surface area contributed by atoms with Gasteiger partial charge in [-0.1, -0.05) is 6.92 Å². The predicted octanol–water partition coefficient (Wildman–Crippen LogP) is 1.42. The molecule has 0 aromatic heterocycles. The molecule has 0 aromatic rings. The van der Waals surface area contributed by atoms with Crippen LogP contribution in [0.25, 0.3) is 0 Å². The maximum atomic E-state index is 2.60. The molecule has 1 fully saturated rings. The van der Waals surface area contributed by atoms with Gasteiger partial charge in [-0.25, -0.2) is 0 Å². The Bertz CT molecular complexity index is 136. The van der Waals surface area contributed by atoms with Gasteiger partial charge in [-0.15, -0.1) is 0 Å². The summed E-state index contributed by atoms with van der Waals surface area (Å²) in [5, 5.41) is 0. The molecular formula is C10H22N2. The third kappa shape index (κ3) is 2.20. The normalized spacial score (nSPS) is 30.5. The van der Waals surface area contributed by atoms with E-state index in [0.717, 1.165) is 12.1 Å². The summed E-state index contributed by atoms with van der Waals surface area (Å²) < 4.78 is 0. The molecular weight excluding hydrogens is 148 g/mol. The van der Waals surface area contributed by atoms with Gasteiger partial charge in [-0.2, -0.15) is 0 Å². The molecule has 1 heterocycles. The highest BCUT2D eigenvalue weighted by Crippen LogP contribution is 2.11. The van der Waals surface area contributed by atoms with E-state index >= 15 is 0 Å². The van der Waals surface area contributed by atoms with Crippen LogP contribution in [0.3, 0.4) is 0 Å². The zero-order chi connectivity index (χ0) is 9.14. The summed E-state index contributed by atoms with van der Waals surface area (Å²) in [6.07, 6.45) is 1.27. The Kier molecular flexibility index (Phi) is 3.53. The van der Waals surface area contributed by atoms with E-state index in [-0.39, 0.29) is 0 Å². The van der Waals surface area contributed by atoms with Crippen molar-refractivity contribution >= 4 is 0 Å². The molecule has 0 N–H and O–H groups in total. The summed E-state index contributed by atoms with van der Waals surface area (Å²) in [5.41, 5.74) is 0. The van der Waals surface area contributed by atoms with Crippen LogP contribution in [-0.4, -0.2) is 48.6 Å². The van der Waals surface area contributed by atoms with Gasteiger partial charge in [0.05, 0.1) is 0 Å². The topological polar surface area (TPSA) is 6.48 Å². The zero-order valence-corrected chi connectivity index (χ0v) is 8.88. The molecule has 12 heavy (non-hydrogen) atoms. The second-order valence-corrected chi connectivity index (χ2v) is 4.08. The molecule has 2 heteroatoms. The van der Waals surface area contributed by atoms with Crippen LogP contribution in [0.4, 0.5) is 0 Å². The van der Waals surface area contributed by atoms with Crippen molar-refractivity contribution in [2.24, 2.45) is 0 Å². The molecule has 0 aliphatic carbocycles. The largest absolute Gasteiger partial charge is 0.301 e. The summed E-state index contributed by atoms with van der Waals surface area (Å²) in [6, 6.07) is 1.49. The Balaban J connectivity index is 2.39. The summed E-state index contributed by atoms with van der Waals surface area (Å²) in [6.45, 7) is 10.6. The lowest BCUT2D eigenvalue weighted by atomic mass is 10.1. The van der Waals surface area contributed by atoms with Gasteiger partial charge in [0, 0.05) is 31.7 Å². The number of rotatable bonds is 2. The minimum Gasteiger partial charge on any atom is -0.301 e. The van der Waals surface area contributed by atoms with Crippen molar-refractivity contribution in [1.82, 2.24) is 9.80 Å². The first kappa shape index (κ1) is 10.0. The van der Waals surface area contributed by atoms with Crippen molar-refractivity contribution in [2.75, 3.05) is 26.7 Å². The van der Waals surface area contributed by atoms with Crippen molar-refractivity contribution in [3.05, 3.63) is 0 Å². The van der Waals surface area contributed by atoms with E-state index in [2.05, 4.69) is 37.6 Å². The molecule has 2 atom stereocenters. The van der Waals surface area contributed by atoms with Crippen molar-refractivity contribution in [3.63, 3.8) is 0 Å². The van der Waals surface area contributed by atoms with E-state index in [4.69, 9.17) is 0 Å². The van der Waals surface area contributed by atoms with Crippen molar-refractivity contribution in [2.45, 2.75) is 39.3 Å². The monoisotopic (exact) mass is 170 g/mol. The first-order valence-corrected chi connectivity index (χ1v) is 5.09. The molecule has 0 aromatic carbocycles. The lowest BCUT2D eigenvalue weighted by molar-refractivity contribution is 0.0763. The molecule has 1 rings (SSSR count). The number of hydrogen-bond acceptors (Lipinski definition) is 2. The average molecular weight is 170 g/mol. The Labute approximate surface area is 76.5 Å². The van der Waals surface area contributed by atoms with E-state index in [0.29, 0.717) is 0 Å². The lowest BCUT2D eigenvalue weighted by Crippen LogP contribution is -2.52. The third-order valence-electron chi connectivity index (χ3n) is 3.21. The maximum Gasteiger partial charge on any atom is 0.0192 e. The third-order valence-corrected chi connectivity index (χ3v) is 3.21. The Hall–Kier alpha value is -0.0800. The fourth-order valence-electron chi connectivity index (χ4n) is 1.74. The predicted molar refractivity (Wildman–Crippen MR) is 53.4 cm³/mol. The van der Waals surface area contributed by atoms with Gasteiger partial charge in [0.1, 0.15) is 0 Å². The molecule has 2 unspecified atom stereocenters. The van der Waals surface area contributed by atoms with Crippen LogP contribution in [0.5, 0.6) is 0 Å². The highest BCUT2D eigenvalue weighted by atomic mass is 15.3. The smallest absolute Gasteiger partial charge is 0.0192 e. The van der Waals surface area contributed by atoms with Gasteiger partial charge in [0.25, 0.3) is 0 Å². The highest BCUT2D eigenvalue weighted by Gasteiger charge is 2.22. The van der Waals surface area contributed by atoms with E-state index in [1.54, 1.807) is 0 Å². The Morgan fingerprint density at radius 1 is 1.42 bits per heavy atom. The molecule has 0 spiro atoms. The van der Waals surface area contributed by atoms with Gasteiger partial charge in [0.2, 0.25) is 0 Å². The molecule has 1 aliphatic heterocycles. The first-order valence-electron chi connectivity index (χ1n) is 5.09. The van der Waals surface area contributed by atoms with Crippen LogP contribution in [0, 0.1) is 0 Å². The Morgan fingerprint density at radius 2 is 2.08 bits per heavy atom. The molecule has 0 saturated carbocycles. The average Bonchev–Trinajstić information content (AvgIpc) is 2.08. The van der Waals surface area contributed by atoms with Crippen LogP contribution in [0.2, 0.25) is 0 Å². The standard InChI is InChI=1S/C10H22N2/c1-5-9(2)12-7-6-11(4)10(3)8-12/h9-10H,5-8H2,1-4H3. The van der Waals surface area contributed by atoms with Gasteiger partial charge < -0.3 is 4.90 Å². The molecule has 1 saturated heterocycles. The number of nitrogens with zero attached hydrogens (tertiary/aromatic N) is 2. The Morgan fingerprint density at radius 3 is 2.58 bits per heavy atom. The number of hydrogen-bond donors (Lipinski definition) is 0. The molecule has 1 aliphatic rings. The maximum absolute atomic E-state index is 2.60. The van der Waals surface area contributed by atoms with Crippen LogP contribution in [0.1, 0.15) is 27.2 Å². The van der Waals surface area contributed by atoms with E-state index in [1.807, 2.05) is 0 Å². The summed E-state index contributed by atoms with van der Waals surface area (Å²) in [5.74, 6) is 0. The van der Waals surface area contributed by atoms with Gasteiger partial charge in [-0.05, 0) is 27.3 Å². The second-order valence-electron chi connectivity index (χ2n) is 4.08. The van der Waals surface area contributed by atoms with Crippen molar-refractivity contribution in [3.8, 4) is 0 Å². The lowest BCUT2D eigenvalue weighted by Gasteiger charge is -2.40. The summed E-state index contributed by atoms with van der Waals surface area (Å²) >= 11 is 0. The SMILES string of the molecule is CCC(C)N1CCN(C)C(C)C1. The highest BCUT2D eigenvalue weighted by molar-refractivity contribution is 4.79. The molecule has 0 amide bonds. The molecule has 72 valence electrons. The fourth-order valence-corrected chi connectivity index (χ4v) is 1.74. The van der Waals surface area contributed by atoms with E-state index in [9.17, 15) is 0 Å². The fraction of sp³-hybridized carbons (Fsp3) is 1.00. The van der Waals surface area contributed by atoms with Gasteiger partial charge in [0.15, 0.2) is 0 Å².